The largest absolute Gasteiger partial charge is 0.364 e. The van der Waals surface area contributed by atoms with E-state index in [9.17, 15) is 14.6 Å². The quantitative estimate of drug-likeness (QED) is 0.633. The average Bonchev–Trinajstić information content (AvgIpc) is 3.23. The van der Waals surface area contributed by atoms with Crippen LogP contribution in [0.1, 0.15) is 43.6 Å². The fourth-order valence-corrected chi connectivity index (χ4v) is 3.50. The van der Waals surface area contributed by atoms with E-state index in [4.69, 9.17) is 0 Å². The summed E-state index contributed by atoms with van der Waals surface area (Å²) < 4.78 is 15.7. The van der Waals surface area contributed by atoms with Gasteiger partial charge in [-0.1, -0.05) is 12.8 Å². The number of halogens is 1. The summed E-state index contributed by atoms with van der Waals surface area (Å²) in [6.07, 6.45) is 5.79. The first-order valence-electron chi connectivity index (χ1n) is 8.38. The van der Waals surface area contributed by atoms with E-state index < -0.39 is 6.29 Å². The van der Waals surface area contributed by atoms with Crippen LogP contribution in [0, 0.1) is 5.82 Å². The lowest BCUT2D eigenvalue weighted by molar-refractivity contribution is -0.0419. The Morgan fingerprint density at radius 3 is 2.76 bits per heavy atom. The molecule has 6 nitrogen and oxygen atoms in total. The van der Waals surface area contributed by atoms with E-state index in [0.29, 0.717) is 22.9 Å². The third-order valence-corrected chi connectivity index (χ3v) is 4.72. The zero-order chi connectivity index (χ0) is 17.4. The van der Waals surface area contributed by atoms with E-state index in [1.807, 2.05) is 4.68 Å². The van der Waals surface area contributed by atoms with E-state index in [1.54, 1.807) is 6.07 Å². The van der Waals surface area contributed by atoms with Gasteiger partial charge in [-0.25, -0.2) is 4.39 Å². The van der Waals surface area contributed by atoms with Gasteiger partial charge >= 0.3 is 0 Å². The lowest BCUT2D eigenvalue weighted by Gasteiger charge is -2.12. The van der Waals surface area contributed by atoms with Crippen LogP contribution >= 0.6 is 0 Å². The Kier molecular flexibility index (Phi) is 4.10. The Bertz CT molecular complexity index is 903. The number of rotatable bonds is 4. The van der Waals surface area contributed by atoms with Gasteiger partial charge < -0.3 is 15.5 Å². The highest BCUT2D eigenvalue weighted by molar-refractivity contribution is 5.92. The Hall–Kier alpha value is -2.51. The molecule has 0 saturated heterocycles. The van der Waals surface area contributed by atoms with Crippen molar-refractivity contribution in [3.8, 4) is 0 Å². The van der Waals surface area contributed by atoms with Crippen molar-refractivity contribution in [3.05, 3.63) is 48.0 Å². The minimum absolute atomic E-state index is 0.287. The summed E-state index contributed by atoms with van der Waals surface area (Å²) in [5.74, 6) is 0.145. The summed E-state index contributed by atoms with van der Waals surface area (Å²) in [5, 5.41) is 27.4. The number of aliphatic hydroxyl groups excluding tert-OH is 1. The summed E-state index contributed by atoms with van der Waals surface area (Å²) in [6.45, 7) is 0. The molecule has 0 aliphatic heterocycles. The minimum Gasteiger partial charge on any atom is -0.364 e. The van der Waals surface area contributed by atoms with Gasteiger partial charge in [-0.2, -0.15) is 5.10 Å². The molecule has 2 heterocycles. The first-order valence-corrected chi connectivity index (χ1v) is 8.38. The van der Waals surface area contributed by atoms with Crippen LogP contribution in [0.3, 0.4) is 0 Å². The van der Waals surface area contributed by atoms with Gasteiger partial charge in [-0.05, 0) is 37.1 Å². The third-order valence-electron chi connectivity index (χ3n) is 4.72. The fraction of sp³-hybridized carbons (Fsp3) is 0.333. The van der Waals surface area contributed by atoms with E-state index >= 15 is 0 Å². The van der Waals surface area contributed by atoms with Crippen molar-refractivity contribution in [1.82, 2.24) is 14.8 Å². The van der Waals surface area contributed by atoms with Gasteiger partial charge in [0.1, 0.15) is 5.82 Å². The number of aromatic nitrogens is 3. The lowest BCUT2D eigenvalue weighted by Crippen LogP contribution is -2.07. The number of hydrogen-bond donors (Lipinski definition) is 3. The van der Waals surface area contributed by atoms with Gasteiger partial charge in [0.15, 0.2) is 12.1 Å². The molecular formula is C18H19FN4O2. The molecule has 3 N–H and O–H groups in total. The average molecular weight is 342 g/mol. The second-order valence-electron chi connectivity index (χ2n) is 6.35. The van der Waals surface area contributed by atoms with Crippen molar-refractivity contribution < 1.29 is 14.6 Å². The molecule has 1 fully saturated rings. The summed E-state index contributed by atoms with van der Waals surface area (Å²) >= 11 is 0. The van der Waals surface area contributed by atoms with E-state index in [-0.39, 0.29) is 11.4 Å². The molecule has 25 heavy (non-hydrogen) atoms. The number of aliphatic hydroxyl groups is 2. The van der Waals surface area contributed by atoms with Gasteiger partial charge in [0.2, 0.25) is 0 Å². The van der Waals surface area contributed by atoms with E-state index in [2.05, 4.69) is 15.4 Å². The van der Waals surface area contributed by atoms with E-state index in [0.717, 1.165) is 18.4 Å². The number of hydrogen-bond acceptors (Lipinski definition) is 5. The number of nitrogens with one attached hydrogen (secondary N) is 1. The van der Waals surface area contributed by atoms with Gasteiger partial charge in [-0.15, -0.1) is 0 Å². The molecular weight excluding hydrogens is 323 g/mol. The summed E-state index contributed by atoms with van der Waals surface area (Å²) in [7, 11) is 0. The maximum atomic E-state index is 13.8. The molecule has 0 radical (unpaired) electrons. The van der Waals surface area contributed by atoms with Crippen LogP contribution in [-0.4, -0.2) is 25.0 Å². The first kappa shape index (κ1) is 16.0. The van der Waals surface area contributed by atoms with Crippen molar-refractivity contribution in [2.75, 3.05) is 5.32 Å². The molecule has 130 valence electrons. The molecule has 0 amide bonds. The van der Waals surface area contributed by atoms with Crippen LogP contribution in [0.25, 0.3) is 10.9 Å². The Balaban J connectivity index is 1.80. The number of pyridine rings is 1. The second-order valence-corrected chi connectivity index (χ2v) is 6.35. The Morgan fingerprint density at radius 1 is 1.20 bits per heavy atom. The third kappa shape index (κ3) is 2.96. The first-order chi connectivity index (χ1) is 12.1. The second kappa shape index (κ2) is 6.42. The van der Waals surface area contributed by atoms with Crippen molar-refractivity contribution >= 4 is 22.4 Å². The topological polar surface area (TPSA) is 83.2 Å². The minimum atomic E-state index is -1.63. The standard InChI is InChI=1S/C18H19FN4O2/c19-11-5-6-16-14(9-11)17(22-23(16)12-3-1-2-4-12)21-15-10-20-8-7-13(15)18(24)25/h5-10,12,18,24-25H,1-4H2,(H,21,22). The van der Waals surface area contributed by atoms with Gasteiger partial charge in [0.05, 0.1) is 23.4 Å². The maximum Gasteiger partial charge on any atom is 0.180 e. The van der Waals surface area contributed by atoms with Crippen LogP contribution < -0.4 is 5.32 Å². The zero-order valence-electron chi connectivity index (χ0n) is 13.6. The Morgan fingerprint density at radius 2 is 2.00 bits per heavy atom. The maximum absolute atomic E-state index is 13.8. The van der Waals surface area contributed by atoms with Gasteiger partial charge in [-0.3, -0.25) is 9.67 Å². The predicted molar refractivity (Wildman–Crippen MR) is 91.9 cm³/mol. The molecule has 0 bridgehead atoms. The molecule has 1 aliphatic carbocycles. The number of nitrogens with zero attached hydrogens (tertiary/aromatic N) is 3. The Labute approximate surface area is 143 Å². The molecule has 0 spiro atoms. The molecule has 0 atom stereocenters. The molecule has 1 aromatic carbocycles. The molecule has 1 saturated carbocycles. The highest BCUT2D eigenvalue weighted by atomic mass is 19.1. The number of fused-ring (bicyclic) bond motifs is 1. The van der Waals surface area contributed by atoms with Crippen molar-refractivity contribution in [3.63, 3.8) is 0 Å². The molecule has 2 aromatic heterocycles. The fourth-order valence-electron chi connectivity index (χ4n) is 3.50. The highest BCUT2D eigenvalue weighted by Gasteiger charge is 2.22. The van der Waals surface area contributed by atoms with Gasteiger partial charge in [0, 0.05) is 17.1 Å². The highest BCUT2D eigenvalue weighted by Crippen LogP contribution is 2.35. The molecule has 3 aromatic rings. The van der Waals surface area contributed by atoms with Crippen LogP contribution in [0.15, 0.2) is 36.7 Å². The summed E-state index contributed by atoms with van der Waals surface area (Å²) in [4.78, 5) is 4.01. The van der Waals surface area contributed by atoms with Crippen LogP contribution in [0.4, 0.5) is 15.9 Å². The van der Waals surface area contributed by atoms with Crippen LogP contribution in [0.2, 0.25) is 0 Å². The predicted octanol–water partition coefficient (Wildman–Crippen LogP) is 3.41. The monoisotopic (exact) mass is 342 g/mol. The van der Waals surface area contributed by atoms with Crippen molar-refractivity contribution in [2.24, 2.45) is 0 Å². The molecule has 1 aliphatic rings. The number of benzene rings is 1. The van der Waals surface area contributed by atoms with Crippen LogP contribution in [-0.2, 0) is 0 Å². The van der Waals surface area contributed by atoms with Crippen molar-refractivity contribution in [2.45, 2.75) is 38.0 Å². The molecule has 4 rings (SSSR count). The smallest absolute Gasteiger partial charge is 0.180 e. The van der Waals surface area contributed by atoms with Crippen LogP contribution in [0.5, 0.6) is 0 Å². The summed E-state index contributed by atoms with van der Waals surface area (Å²) in [6, 6.07) is 6.45. The lowest BCUT2D eigenvalue weighted by atomic mass is 10.2. The van der Waals surface area contributed by atoms with Crippen molar-refractivity contribution in [1.29, 1.82) is 0 Å². The molecule has 7 heteroatoms. The zero-order valence-corrected chi connectivity index (χ0v) is 13.6. The SMILES string of the molecule is OC(O)c1ccncc1Nc1nn(C2CCCC2)c2ccc(F)cc12. The molecule has 0 unspecified atom stereocenters. The number of anilines is 2. The van der Waals surface area contributed by atoms with E-state index in [1.165, 1.54) is 43.4 Å². The normalized spacial score (nSPS) is 15.4. The van der Waals surface area contributed by atoms with Gasteiger partial charge in [0.25, 0.3) is 0 Å². The summed E-state index contributed by atoms with van der Waals surface area (Å²) in [5.41, 5.74) is 1.58.